The molecule has 1 unspecified atom stereocenters. The van der Waals surface area contributed by atoms with E-state index in [1.807, 2.05) is 42.1 Å². The van der Waals surface area contributed by atoms with Gasteiger partial charge in [-0.15, -0.1) is 0 Å². The van der Waals surface area contributed by atoms with Crippen LogP contribution in [0.1, 0.15) is 11.5 Å². The maximum atomic E-state index is 11.9. The normalized spacial score (nSPS) is 17.4. The van der Waals surface area contributed by atoms with Gasteiger partial charge in [0.25, 0.3) is 0 Å². The fraction of sp³-hybridized carbons (Fsp3) is 0.562. The molecule has 1 heterocycles. The van der Waals surface area contributed by atoms with Crippen molar-refractivity contribution in [1.82, 2.24) is 10.2 Å². The minimum Gasteiger partial charge on any atom is -0.469 e. The zero-order valence-corrected chi connectivity index (χ0v) is 13.4. The molecule has 21 heavy (non-hydrogen) atoms. The van der Waals surface area contributed by atoms with E-state index in [1.54, 1.807) is 0 Å². The molecule has 1 N–H and O–H groups in total. The highest BCUT2D eigenvalue weighted by Gasteiger charge is 2.20. The van der Waals surface area contributed by atoms with Crippen molar-refractivity contribution in [2.45, 2.75) is 5.92 Å². The van der Waals surface area contributed by atoms with Gasteiger partial charge in [0, 0.05) is 44.2 Å². The van der Waals surface area contributed by atoms with E-state index in [2.05, 4.69) is 10.2 Å². The van der Waals surface area contributed by atoms with Gasteiger partial charge in [-0.1, -0.05) is 30.3 Å². The molecule has 1 aliphatic rings. The summed E-state index contributed by atoms with van der Waals surface area (Å²) in [6, 6.07) is 9.82. The number of benzene rings is 1. The summed E-state index contributed by atoms with van der Waals surface area (Å²) in [6.07, 6.45) is 0. The number of nitrogens with zero attached hydrogens (tertiary/aromatic N) is 1. The number of hydrogen-bond donors (Lipinski definition) is 1. The second-order valence-electron chi connectivity index (χ2n) is 5.14. The molecule has 1 aromatic rings. The minimum atomic E-state index is -0.229. The van der Waals surface area contributed by atoms with Gasteiger partial charge in [-0.3, -0.25) is 4.79 Å². The summed E-state index contributed by atoms with van der Waals surface area (Å²) in [4.78, 5) is 14.4. The maximum Gasteiger partial charge on any atom is 0.314 e. The number of hydrogen-bond acceptors (Lipinski definition) is 5. The van der Waals surface area contributed by atoms with Crippen molar-refractivity contribution in [1.29, 1.82) is 0 Å². The van der Waals surface area contributed by atoms with Gasteiger partial charge in [0.05, 0.1) is 13.0 Å². The standard InChI is InChI=1S/C16H24N2O2S/c1-20-16(19)15(14-5-3-2-4-6-14)13-17-7-8-18-9-11-21-12-10-18/h2-6,15,17H,7-13H2,1H3. The van der Waals surface area contributed by atoms with E-state index in [-0.39, 0.29) is 11.9 Å². The Kier molecular flexibility index (Phi) is 7.06. The van der Waals surface area contributed by atoms with E-state index >= 15 is 0 Å². The minimum absolute atomic E-state index is 0.178. The van der Waals surface area contributed by atoms with Gasteiger partial charge in [-0.25, -0.2) is 0 Å². The van der Waals surface area contributed by atoms with E-state index in [1.165, 1.54) is 31.7 Å². The number of esters is 1. The SMILES string of the molecule is COC(=O)C(CNCCN1CCSCC1)c1ccccc1. The number of nitrogens with one attached hydrogen (secondary N) is 1. The number of methoxy groups -OCH3 is 1. The Morgan fingerprint density at radius 3 is 2.71 bits per heavy atom. The van der Waals surface area contributed by atoms with Crippen LogP contribution in [0.15, 0.2) is 30.3 Å². The lowest BCUT2D eigenvalue weighted by atomic mass is 9.99. The summed E-state index contributed by atoms with van der Waals surface area (Å²) < 4.78 is 4.92. The van der Waals surface area contributed by atoms with E-state index in [9.17, 15) is 4.79 Å². The first-order chi connectivity index (χ1) is 10.3. The van der Waals surface area contributed by atoms with Crippen LogP contribution in [0.3, 0.4) is 0 Å². The molecule has 0 bridgehead atoms. The smallest absolute Gasteiger partial charge is 0.314 e. The molecule has 1 saturated heterocycles. The summed E-state index contributed by atoms with van der Waals surface area (Å²) in [7, 11) is 1.45. The van der Waals surface area contributed by atoms with Crippen molar-refractivity contribution < 1.29 is 9.53 Å². The van der Waals surface area contributed by atoms with Crippen LogP contribution in [-0.2, 0) is 9.53 Å². The molecule has 116 valence electrons. The van der Waals surface area contributed by atoms with Crippen LogP contribution >= 0.6 is 11.8 Å². The van der Waals surface area contributed by atoms with Gasteiger partial charge in [-0.05, 0) is 5.56 Å². The predicted octanol–water partition coefficient (Wildman–Crippen LogP) is 1.58. The van der Waals surface area contributed by atoms with E-state index < -0.39 is 0 Å². The topological polar surface area (TPSA) is 41.6 Å². The summed E-state index contributed by atoms with van der Waals surface area (Å²) in [5.41, 5.74) is 1.01. The van der Waals surface area contributed by atoms with Crippen molar-refractivity contribution >= 4 is 17.7 Å². The van der Waals surface area contributed by atoms with E-state index in [4.69, 9.17) is 4.74 Å². The van der Waals surface area contributed by atoms with Crippen molar-refractivity contribution in [2.75, 3.05) is 51.3 Å². The quantitative estimate of drug-likeness (QED) is 0.612. The van der Waals surface area contributed by atoms with Crippen LogP contribution in [0.4, 0.5) is 0 Å². The first kappa shape index (κ1) is 16.3. The van der Waals surface area contributed by atoms with Crippen molar-refractivity contribution in [3.8, 4) is 0 Å². The average molecular weight is 308 g/mol. The lowest BCUT2D eigenvalue weighted by Gasteiger charge is -2.26. The Labute approximate surface area is 131 Å². The van der Waals surface area contributed by atoms with Gasteiger partial charge >= 0.3 is 5.97 Å². The Morgan fingerprint density at radius 2 is 2.05 bits per heavy atom. The molecule has 0 aromatic heterocycles. The van der Waals surface area contributed by atoms with Crippen LogP contribution in [0, 0.1) is 0 Å². The summed E-state index contributed by atoms with van der Waals surface area (Å²) in [5.74, 6) is 2.06. The van der Waals surface area contributed by atoms with Crippen LogP contribution in [0.5, 0.6) is 0 Å². The molecule has 0 saturated carbocycles. The first-order valence-electron chi connectivity index (χ1n) is 7.45. The van der Waals surface area contributed by atoms with Crippen LogP contribution < -0.4 is 5.32 Å². The third-order valence-corrected chi connectivity index (χ3v) is 4.69. The molecule has 1 aromatic carbocycles. The lowest BCUT2D eigenvalue weighted by Crippen LogP contribution is -2.39. The molecule has 0 aliphatic carbocycles. The molecular weight excluding hydrogens is 284 g/mol. The van der Waals surface area contributed by atoms with Gasteiger partial charge in [0.15, 0.2) is 0 Å². The zero-order chi connectivity index (χ0) is 14.9. The molecule has 1 atom stereocenters. The van der Waals surface area contributed by atoms with Crippen LogP contribution in [0.2, 0.25) is 0 Å². The third kappa shape index (κ3) is 5.34. The van der Waals surface area contributed by atoms with Crippen LogP contribution in [0.25, 0.3) is 0 Å². The molecular formula is C16H24N2O2S. The molecule has 1 fully saturated rings. The van der Waals surface area contributed by atoms with Gasteiger partial charge in [0.1, 0.15) is 0 Å². The van der Waals surface area contributed by atoms with Crippen molar-refractivity contribution in [3.05, 3.63) is 35.9 Å². The van der Waals surface area contributed by atoms with Crippen molar-refractivity contribution in [2.24, 2.45) is 0 Å². The molecule has 0 spiro atoms. The molecule has 0 radical (unpaired) electrons. The third-order valence-electron chi connectivity index (χ3n) is 3.74. The first-order valence-corrected chi connectivity index (χ1v) is 8.60. The van der Waals surface area contributed by atoms with Crippen LogP contribution in [-0.4, -0.2) is 62.2 Å². The summed E-state index contributed by atoms with van der Waals surface area (Å²) in [6.45, 7) is 4.92. The maximum absolute atomic E-state index is 11.9. The fourth-order valence-electron chi connectivity index (χ4n) is 2.47. The number of ether oxygens (including phenoxy) is 1. The number of rotatable bonds is 7. The van der Waals surface area contributed by atoms with Crippen molar-refractivity contribution in [3.63, 3.8) is 0 Å². The number of thioether (sulfide) groups is 1. The number of carbonyl (C=O) groups excluding carboxylic acids is 1. The number of carbonyl (C=O) groups is 1. The average Bonchev–Trinajstić information content (AvgIpc) is 2.56. The predicted molar refractivity (Wildman–Crippen MR) is 87.8 cm³/mol. The fourth-order valence-corrected chi connectivity index (χ4v) is 3.45. The second-order valence-corrected chi connectivity index (χ2v) is 6.37. The Morgan fingerprint density at radius 1 is 1.33 bits per heavy atom. The van der Waals surface area contributed by atoms with Gasteiger partial charge in [-0.2, -0.15) is 11.8 Å². The lowest BCUT2D eigenvalue weighted by molar-refractivity contribution is -0.142. The monoisotopic (exact) mass is 308 g/mol. The van der Waals surface area contributed by atoms with E-state index in [0.717, 1.165) is 18.7 Å². The Hall–Kier alpha value is -1.04. The zero-order valence-electron chi connectivity index (χ0n) is 12.6. The Balaban J connectivity index is 1.78. The largest absolute Gasteiger partial charge is 0.469 e. The van der Waals surface area contributed by atoms with E-state index in [0.29, 0.717) is 6.54 Å². The van der Waals surface area contributed by atoms with Gasteiger partial charge < -0.3 is 15.0 Å². The second kappa shape index (κ2) is 9.07. The van der Waals surface area contributed by atoms with Gasteiger partial charge in [0.2, 0.25) is 0 Å². The molecule has 0 amide bonds. The highest BCUT2D eigenvalue weighted by atomic mass is 32.2. The molecule has 4 nitrogen and oxygen atoms in total. The summed E-state index contributed by atoms with van der Waals surface area (Å²) in [5, 5.41) is 3.40. The Bertz CT molecular complexity index is 422. The summed E-state index contributed by atoms with van der Waals surface area (Å²) >= 11 is 2.02. The highest BCUT2D eigenvalue weighted by Crippen LogP contribution is 2.16. The highest BCUT2D eigenvalue weighted by molar-refractivity contribution is 7.99. The molecule has 5 heteroatoms. The molecule has 2 rings (SSSR count). The molecule has 1 aliphatic heterocycles.